The molecule has 4 rings (SSSR count). The van der Waals surface area contributed by atoms with Crippen LogP contribution in [0.15, 0.2) is 53.6 Å². The van der Waals surface area contributed by atoms with E-state index in [-0.39, 0.29) is 4.90 Å². The van der Waals surface area contributed by atoms with E-state index >= 15 is 0 Å². The van der Waals surface area contributed by atoms with Crippen molar-refractivity contribution < 1.29 is 8.42 Å². The van der Waals surface area contributed by atoms with Gasteiger partial charge in [0.1, 0.15) is 0 Å². The molecule has 0 radical (unpaired) electrons. The highest BCUT2D eigenvalue weighted by molar-refractivity contribution is 14.1. The van der Waals surface area contributed by atoms with Gasteiger partial charge in [-0.15, -0.1) is 0 Å². The number of sulfonamides is 1. The second kappa shape index (κ2) is 7.21. The number of H-pyrrole nitrogens is 1. The molecule has 0 aliphatic carbocycles. The zero-order chi connectivity index (χ0) is 18.1. The Bertz CT molecular complexity index is 1020. The van der Waals surface area contributed by atoms with E-state index in [1.54, 1.807) is 30.3 Å². The smallest absolute Gasteiger partial charge is 0.261 e. The van der Waals surface area contributed by atoms with Gasteiger partial charge in [0.15, 0.2) is 0 Å². The summed E-state index contributed by atoms with van der Waals surface area (Å²) >= 11 is 2.16. The quantitative estimate of drug-likeness (QED) is 0.485. The van der Waals surface area contributed by atoms with Crippen LogP contribution in [0.3, 0.4) is 0 Å². The molecule has 3 aromatic rings. The Kier molecular flexibility index (Phi) is 4.94. The van der Waals surface area contributed by atoms with Crippen LogP contribution >= 0.6 is 22.6 Å². The molecule has 1 aliphatic heterocycles. The standard InChI is InChI=1S/C19H20IN3O2S/c20-14-3-6-17(7-4-14)26(24,25)23-16-5-8-19-18(11-16)13(12-22-19)10-15-2-1-9-21-15/h3-8,11-12,15,21-23H,1-2,9-10H2. The van der Waals surface area contributed by atoms with Crippen molar-refractivity contribution in [2.45, 2.75) is 30.2 Å². The van der Waals surface area contributed by atoms with E-state index in [0.717, 1.165) is 27.4 Å². The van der Waals surface area contributed by atoms with E-state index in [1.165, 1.54) is 18.4 Å². The molecule has 1 atom stereocenters. The number of halogens is 1. The van der Waals surface area contributed by atoms with Crippen molar-refractivity contribution in [2.75, 3.05) is 11.3 Å². The van der Waals surface area contributed by atoms with Crippen molar-refractivity contribution in [3.05, 3.63) is 57.8 Å². The zero-order valence-corrected chi connectivity index (χ0v) is 17.1. The Morgan fingerprint density at radius 1 is 1.15 bits per heavy atom. The molecule has 3 N–H and O–H groups in total. The van der Waals surface area contributed by atoms with Crippen molar-refractivity contribution in [3.63, 3.8) is 0 Å². The number of aromatic amines is 1. The molecule has 7 heteroatoms. The molecule has 0 spiro atoms. The minimum absolute atomic E-state index is 0.266. The first-order valence-electron chi connectivity index (χ1n) is 8.63. The number of aromatic nitrogens is 1. The van der Waals surface area contributed by atoms with Crippen LogP contribution < -0.4 is 10.0 Å². The van der Waals surface area contributed by atoms with Crippen molar-refractivity contribution in [2.24, 2.45) is 0 Å². The minimum Gasteiger partial charge on any atom is -0.361 e. The van der Waals surface area contributed by atoms with Crippen molar-refractivity contribution in [3.8, 4) is 0 Å². The van der Waals surface area contributed by atoms with E-state index in [2.05, 4.69) is 37.6 Å². The summed E-state index contributed by atoms with van der Waals surface area (Å²) in [5, 5.41) is 4.58. The summed E-state index contributed by atoms with van der Waals surface area (Å²) in [7, 11) is -3.59. The summed E-state index contributed by atoms with van der Waals surface area (Å²) in [6.07, 6.45) is 5.38. The van der Waals surface area contributed by atoms with Crippen LogP contribution in [0, 0.1) is 3.57 Å². The average molecular weight is 481 g/mol. The van der Waals surface area contributed by atoms with Crippen LogP contribution in [0.1, 0.15) is 18.4 Å². The Labute approximate surface area is 166 Å². The molecule has 0 amide bonds. The van der Waals surface area contributed by atoms with Gasteiger partial charge in [-0.2, -0.15) is 0 Å². The Morgan fingerprint density at radius 2 is 1.96 bits per heavy atom. The molecule has 1 saturated heterocycles. The number of anilines is 1. The largest absolute Gasteiger partial charge is 0.361 e. The van der Waals surface area contributed by atoms with E-state index in [4.69, 9.17) is 0 Å². The van der Waals surface area contributed by atoms with Gasteiger partial charge in [0, 0.05) is 32.4 Å². The number of hydrogen-bond donors (Lipinski definition) is 3. The number of benzene rings is 2. The zero-order valence-electron chi connectivity index (χ0n) is 14.1. The van der Waals surface area contributed by atoms with Crippen molar-refractivity contribution >= 4 is 49.2 Å². The summed E-state index contributed by atoms with van der Waals surface area (Å²) < 4.78 is 28.9. The molecule has 1 unspecified atom stereocenters. The van der Waals surface area contributed by atoms with Gasteiger partial charge >= 0.3 is 0 Å². The molecule has 1 aliphatic rings. The molecule has 1 fully saturated rings. The summed E-state index contributed by atoms with van der Waals surface area (Å²) in [6, 6.07) is 13.0. The van der Waals surface area contributed by atoms with Crippen LogP contribution in [0.4, 0.5) is 5.69 Å². The molecule has 0 saturated carbocycles. The van der Waals surface area contributed by atoms with Crippen molar-refractivity contribution in [1.82, 2.24) is 10.3 Å². The maximum Gasteiger partial charge on any atom is 0.261 e. The molecular formula is C19H20IN3O2S. The Hall–Kier alpha value is -1.58. The molecule has 26 heavy (non-hydrogen) atoms. The highest BCUT2D eigenvalue weighted by Crippen LogP contribution is 2.26. The number of hydrogen-bond acceptors (Lipinski definition) is 3. The third kappa shape index (κ3) is 3.74. The predicted molar refractivity (Wildman–Crippen MR) is 113 cm³/mol. The third-order valence-electron chi connectivity index (χ3n) is 4.77. The number of fused-ring (bicyclic) bond motifs is 1. The molecular weight excluding hydrogens is 461 g/mol. The maximum absolute atomic E-state index is 12.6. The number of rotatable bonds is 5. The Morgan fingerprint density at radius 3 is 2.69 bits per heavy atom. The van der Waals surface area contributed by atoms with E-state index in [9.17, 15) is 8.42 Å². The monoisotopic (exact) mass is 481 g/mol. The first kappa shape index (κ1) is 17.8. The normalized spacial score (nSPS) is 17.7. The van der Waals surface area contributed by atoms with Gasteiger partial charge in [-0.05, 0) is 96.4 Å². The van der Waals surface area contributed by atoms with Crippen LogP contribution in [-0.2, 0) is 16.4 Å². The maximum atomic E-state index is 12.6. The minimum atomic E-state index is -3.59. The fraction of sp³-hybridized carbons (Fsp3) is 0.263. The molecule has 2 aromatic carbocycles. The summed E-state index contributed by atoms with van der Waals surface area (Å²) in [5.74, 6) is 0. The lowest BCUT2D eigenvalue weighted by atomic mass is 10.0. The van der Waals surface area contributed by atoms with E-state index < -0.39 is 10.0 Å². The predicted octanol–water partition coefficient (Wildman–Crippen LogP) is 3.87. The lowest BCUT2D eigenvalue weighted by Crippen LogP contribution is -2.23. The number of nitrogens with one attached hydrogen (secondary N) is 3. The highest BCUT2D eigenvalue weighted by atomic mass is 127. The lowest BCUT2D eigenvalue weighted by Gasteiger charge is -2.11. The second-order valence-electron chi connectivity index (χ2n) is 6.63. The van der Waals surface area contributed by atoms with Gasteiger partial charge in [0.25, 0.3) is 10.0 Å². The second-order valence-corrected chi connectivity index (χ2v) is 9.56. The highest BCUT2D eigenvalue weighted by Gasteiger charge is 2.18. The van der Waals surface area contributed by atoms with Gasteiger partial charge in [-0.1, -0.05) is 0 Å². The first-order valence-corrected chi connectivity index (χ1v) is 11.2. The van der Waals surface area contributed by atoms with Crippen molar-refractivity contribution in [1.29, 1.82) is 0 Å². The van der Waals surface area contributed by atoms with Gasteiger partial charge in [0.2, 0.25) is 0 Å². The van der Waals surface area contributed by atoms with Crippen LogP contribution in [0.5, 0.6) is 0 Å². The van der Waals surface area contributed by atoms with Crippen LogP contribution in [0.25, 0.3) is 10.9 Å². The van der Waals surface area contributed by atoms with Gasteiger partial charge in [0.05, 0.1) is 4.90 Å². The molecule has 2 heterocycles. The van der Waals surface area contributed by atoms with Gasteiger partial charge in [-0.3, -0.25) is 4.72 Å². The summed E-state index contributed by atoms with van der Waals surface area (Å²) in [6.45, 7) is 1.08. The molecule has 0 bridgehead atoms. The molecule has 5 nitrogen and oxygen atoms in total. The van der Waals surface area contributed by atoms with Crippen LogP contribution in [0.2, 0.25) is 0 Å². The SMILES string of the molecule is O=S(=O)(Nc1ccc2[nH]cc(CC3CCCN3)c2c1)c1ccc(I)cc1. The van der Waals surface area contributed by atoms with E-state index in [0.29, 0.717) is 11.7 Å². The van der Waals surface area contributed by atoms with Crippen LogP contribution in [-0.4, -0.2) is 26.0 Å². The fourth-order valence-electron chi connectivity index (χ4n) is 3.44. The van der Waals surface area contributed by atoms with Gasteiger partial charge in [-0.25, -0.2) is 8.42 Å². The average Bonchev–Trinajstić information content (AvgIpc) is 3.26. The van der Waals surface area contributed by atoms with E-state index in [1.807, 2.05) is 18.3 Å². The Balaban J connectivity index is 1.61. The molecule has 136 valence electrons. The van der Waals surface area contributed by atoms with Gasteiger partial charge < -0.3 is 10.3 Å². The fourth-order valence-corrected chi connectivity index (χ4v) is 4.84. The third-order valence-corrected chi connectivity index (χ3v) is 6.89. The lowest BCUT2D eigenvalue weighted by molar-refractivity contribution is 0.601. The first-order chi connectivity index (χ1) is 12.5. The summed E-state index contributed by atoms with van der Waals surface area (Å²) in [5.41, 5.74) is 2.82. The summed E-state index contributed by atoms with van der Waals surface area (Å²) in [4.78, 5) is 3.55. The topological polar surface area (TPSA) is 74.0 Å². The molecule has 1 aromatic heterocycles.